The van der Waals surface area contributed by atoms with Crippen molar-refractivity contribution in [3.05, 3.63) is 12.2 Å². The minimum Gasteiger partial charge on any atom is -0.371 e. The number of hydrogen-bond acceptors (Lipinski definition) is 2. The molecule has 13 heavy (non-hydrogen) atoms. The molecule has 0 radical (unpaired) electrons. The zero-order valence-electron chi connectivity index (χ0n) is 7.83. The summed E-state index contributed by atoms with van der Waals surface area (Å²) in [6.07, 6.45) is 9.54. The summed E-state index contributed by atoms with van der Waals surface area (Å²) in [6.45, 7) is 0.734. The van der Waals surface area contributed by atoms with Crippen LogP contribution in [0.25, 0.3) is 0 Å². The molecule has 1 spiro atoms. The molecule has 2 atom stereocenters. The van der Waals surface area contributed by atoms with Crippen molar-refractivity contribution in [2.24, 2.45) is 5.92 Å². The molecule has 0 bridgehead atoms. The fourth-order valence-corrected chi connectivity index (χ4v) is 2.39. The first kappa shape index (κ1) is 8.77. The minimum absolute atomic E-state index is 0.0455. The van der Waals surface area contributed by atoms with Crippen LogP contribution in [0, 0.1) is 17.2 Å². The highest BCUT2D eigenvalue weighted by Gasteiger charge is 2.39. The zero-order valence-corrected chi connectivity index (χ0v) is 7.83. The molecule has 1 aliphatic heterocycles. The van der Waals surface area contributed by atoms with Crippen molar-refractivity contribution in [2.75, 3.05) is 6.61 Å². The average molecular weight is 177 g/mol. The number of rotatable bonds is 0. The van der Waals surface area contributed by atoms with Gasteiger partial charge in [-0.25, -0.2) is 0 Å². The summed E-state index contributed by atoms with van der Waals surface area (Å²) in [5.41, 5.74) is 0.0455. The molecule has 0 unspecified atom stereocenters. The second-order valence-corrected chi connectivity index (χ2v) is 4.07. The van der Waals surface area contributed by atoms with Crippen LogP contribution in [-0.4, -0.2) is 12.2 Å². The number of nitriles is 1. The predicted octanol–water partition coefficient (Wildman–Crippen LogP) is 2.42. The lowest BCUT2D eigenvalue weighted by atomic mass is 9.95. The van der Waals surface area contributed by atoms with E-state index in [9.17, 15) is 0 Å². The van der Waals surface area contributed by atoms with Gasteiger partial charge in [-0.15, -0.1) is 0 Å². The van der Waals surface area contributed by atoms with Crippen LogP contribution in [0.5, 0.6) is 0 Å². The van der Waals surface area contributed by atoms with E-state index in [0.29, 0.717) is 0 Å². The van der Waals surface area contributed by atoms with Crippen molar-refractivity contribution in [1.29, 1.82) is 5.26 Å². The second kappa shape index (κ2) is 3.51. The average Bonchev–Trinajstić information content (AvgIpc) is 2.40. The summed E-state index contributed by atoms with van der Waals surface area (Å²) in [5, 5.41) is 8.83. The number of nitrogens with zero attached hydrogens (tertiary/aromatic N) is 1. The summed E-state index contributed by atoms with van der Waals surface area (Å²) >= 11 is 0. The lowest BCUT2D eigenvalue weighted by Crippen LogP contribution is -2.28. The van der Waals surface area contributed by atoms with Gasteiger partial charge in [0, 0.05) is 5.92 Å². The molecule has 0 saturated heterocycles. The molecule has 0 aromatic carbocycles. The van der Waals surface area contributed by atoms with E-state index >= 15 is 0 Å². The van der Waals surface area contributed by atoms with Gasteiger partial charge < -0.3 is 4.74 Å². The lowest BCUT2D eigenvalue weighted by molar-refractivity contribution is -0.0295. The molecule has 0 N–H and O–H groups in total. The minimum atomic E-state index is 0.0455. The van der Waals surface area contributed by atoms with Crippen LogP contribution < -0.4 is 0 Å². The third kappa shape index (κ3) is 1.76. The molecule has 2 rings (SSSR count). The van der Waals surface area contributed by atoms with E-state index in [4.69, 9.17) is 10.00 Å². The predicted molar refractivity (Wildman–Crippen MR) is 50.0 cm³/mol. The van der Waals surface area contributed by atoms with Gasteiger partial charge in [-0.05, 0) is 32.1 Å². The van der Waals surface area contributed by atoms with Gasteiger partial charge in [0.25, 0.3) is 0 Å². The molecule has 2 heteroatoms. The monoisotopic (exact) mass is 177 g/mol. The molecule has 1 heterocycles. The molecule has 1 aliphatic carbocycles. The van der Waals surface area contributed by atoms with Gasteiger partial charge in [0.2, 0.25) is 0 Å². The standard InChI is InChI=1S/C11H15NO/c12-9-10-4-6-11(8-10)5-2-1-3-7-13-11/h1,3,10H,2,4-8H2/t10-,11+/m1/s1. The zero-order chi connectivity index (χ0) is 9.15. The summed E-state index contributed by atoms with van der Waals surface area (Å²) in [6, 6.07) is 2.36. The van der Waals surface area contributed by atoms with Crippen LogP contribution in [0.2, 0.25) is 0 Å². The van der Waals surface area contributed by atoms with E-state index in [-0.39, 0.29) is 11.5 Å². The molecule has 1 saturated carbocycles. The summed E-state index contributed by atoms with van der Waals surface area (Å²) < 4.78 is 5.85. The maximum absolute atomic E-state index is 8.83. The first-order valence-corrected chi connectivity index (χ1v) is 5.03. The van der Waals surface area contributed by atoms with E-state index in [1.54, 1.807) is 0 Å². The molecule has 0 aromatic heterocycles. The highest BCUT2D eigenvalue weighted by molar-refractivity contribution is 5.02. The van der Waals surface area contributed by atoms with Crippen LogP contribution in [0.15, 0.2) is 12.2 Å². The van der Waals surface area contributed by atoms with Gasteiger partial charge in [-0.2, -0.15) is 5.26 Å². The van der Waals surface area contributed by atoms with Gasteiger partial charge in [-0.3, -0.25) is 0 Å². The van der Waals surface area contributed by atoms with Crippen LogP contribution in [0.3, 0.4) is 0 Å². The molecule has 0 amide bonds. The first-order chi connectivity index (χ1) is 6.35. The Kier molecular flexibility index (Phi) is 2.37. The van der Waals surface area contributed by atoms with Crippen LogP contribution in [-0.2, 0) is 4.74 Å². The fourth-order valence-electron chi connectivity index (χ4n) is 2.39. The topological polar surface area (TPSA) is 33.0 Å². The molecule has 0 aromatic rings. The maximum atomic E-state index is 8.83. The van der Waals surface area contributed by atoms with Crippen molar-refractivity contribution in [3.63, 3.8) is 0 Å². The van der Waals surface area contributed by atoms with Crippen molar-refractivity contribution in [2.45, 2.75) is 37.7 Å². The van der Waals surface area contributed by atoms with Crippen molar-refractivity contribution in [1.82, 2.24) is 0 Å². The number of hydrogen-bond donors (Lipinski definition) is 0. The third-order valence-electron chi connectivity index (χ3n) is 3.17. The Morgan fingerprint density at radius 2 is 2.31 bits per heavy atom. The summed E-state index contributed by atoms with van der Waals surface area (Å²) in [5.74, 6) is 0.234. The smallest absolute Gasteiger partial charge is 0.0702 e. The Balaban J connectivity index is 2.02. The Labute approximate surface area is 79.2 Å². The highest BCUT2D eigenvalue weighted by Crippen LogP contribution is 2.41. The lowest BCUT2D eigenvalue weighted by Gasteiger charge is -2.27. The summed E-state index contributed by atoms with van der Waals surface area (Å²) in [4.78, 5) is 0. The molecule has 2 nitrogen and oxygen atoms in total. The van der Waals surface area contributed by atoms with E-state index in [1.807, 2.05) is 0 Å². The van der Waals surface area contributed by atoms with Crippen molar-refractivity contribution >= 4 is 0 Å². The molecular weight excluding hydrogens is 162 g/mol. The maximum Gasteiger partial charge on any atom is 0.0702 e. The van der Waals surface area contributed by atoms with Gasteiger partial charge in [0.05, 0.1) is 18.3 Å². The first-order valence-electron chi connectivity index (χ1n) is 5.03. The Bertz CT molecular complexity index is 241. The molecule has 70 valence electrons. The molecule has 2 aliphatic rings. The fraction of sp³-hybridized carbons (Fsp3) is 0.727. The number of ether oxygens (including phenoxy) is 1. The van der Waals surface area contributed by atoms with E-state index < -0.39 is 0 Å². The highest BCUT2D eigenvalue weighted by atomic mass is 16.5. The Hall–Kier alpha value is -0.810. The van der Waals surface area contributed by atoms with Gasteiger partial charge in [0.1, 0.15) is 0 Å². The third-order valence-corrected chi connectivity index (χ3v) is 3.17. The normalized spacial score (nSPS) is 38.8. The van der Waals surface area contributed by atoms with Gasteiger partial charge >= 0.3 is 0 Å². The Morgan fingerprint density at radius 1 is 1.38 bits per heavy atom. The Morgan fingerprint density at radius 3 is 3.08 bits per heavy atom. The van der Waals surface area contributed by atoms with E-state index in [0.717, 1.165) is 38.7 Å². The van der Waals surface area contributed by atoms with Gasteiger partial charge in [0.15, 0.2) is 0 Å². The van der Waals surface area contributed by atoms with Gasteiger partial charge in [-0.1, -0.05) is 12.2 Å². The summed E-state index contributed by atoms with van der Waals surface area (Å²) in [7, 11) is 0. The van der Waals surface area contributed by atoms with Crippen LogP contribution >= 0.6 is 0 Å². The van der Waals surface area contributed by atoms with E-state index in [2.05, 4.69) is 18.2 Å². The van der Waals surface area contributed by atoms with Crippen LogP contribution in [0.1, 0.15) is 32.1 Å². The van der Waals surface area contributed by atoms with Crippen molar-refractivity contribution in [3.8, 4) is 6.07 Å². The second-order valence-electron chi connectivity index (χ2n) is 4.07. The van der Waals surface area contributed by atoms with Crippen LogP contribution in [0.4, 0.5) is 0 Å². The van der Waals surface area contributed by atoms with E-state index in [1.165, 1.54) is 0 Å². The quantitative estimate of drug-likeness (QED) is 0.532. The SMILES string of the molecule is N#C[C@@H]1CC[C@@]2(CCC=CCO2)C1. The number of allylic oxidation sites excluding steroid dienone is 1. The molecular formula is C11H15NO. The largest absolute Gasteiger partial charge is 0.371 e. The molecule has 1 fully saturated rings. The van der Waals surface area contributed by atoms with Crippen molar-refractivity contribution < 1.29 is 4.74 Å².